The van der Waals surface area contributed by atoms with Crippen LogP contribution in [0.5, 0.6) is 0 Å². The van der Waals surface area contributed by atoms with Crippen LogP contribution in [-0.2, 0) is 37.9 Å². The smallest absolute Gasteiger partial charge is 0.257 e. The van der Waals surface area contributed by atoms with Gasteiger partial charge in [-0.05, 0) is 126 Å². The molecule has 4 aliphatic carbocycles. The van der Waals surface area contributed by atoms with Crippen LogP contribution >= 0.6 is 0 Å². The van der Waals surface area contributed by atoms with Gasteiger partial charge < -0.3 is 98.7 Å². The van der Waals surface area contributed by atoms with E-state index in [4.69, 9.17) is 57.8 Å². The van der Waals surface area contributed by atoms with E-state index in [0.29, 0.717) is 195 Å². The Morgan fingerprint density at radius 3 is 0.729 bits per heavy atom. The maximum absolute atomic E-state index is 13.8. The molecule has 16 atom stereocenters. The Bertz CT molecular complexity index is 6600. The number of methoxy groups -OCH3 is 4. The van der Waals surface area contributed by atoms with Crippen LogP contribution in [0.15, 0.2) is 147 Å². The lowest BCUT2D eigenvalue weighted by Crippen LogP contribution is -2.48. The third kappa shape index (κ3) is 18.0. The fourth-order valence-corrected chi connectivity index (χ4v) is 20.4. The largest absolute Gasteiger partial charge is 0.379 e. The molecule has 0 radical (unpaired) electrons. The van der Waals surface area contributed by atoms with E-state index in [-0.39, 0.29) is 72.2 Å². The molecule has 8 aliphatic rings. The van der Waals surface area contributed by atoms with Gasteiger partial charge in [-0.15, -0.1) is 0 Å². The highest BCUT2D eigenvalue weighted by Gasteiger charge is 2.41. The number of hydrogen-bond acceptors (Lipinski definition) is 28. The molecule has 8 N–H and O–H groups in total. The Hall–Kier alpha value is -14.3. The zero-order chi connectivity index (χ0) is 99.2. The van der Waals surface area contributed by atoms with E-state index in [1.165, 1.54) is 24.8 Å². The number of halogens is 4. The normalized spacial score (nSPS) is 24.1. The Kier molecular flexibility index (Phi) is 27.4. The van der Waals surface area contributed by atoms with Gasteiger partial charge in [0.2, 0.25) is 0 Å². The van der Waals surface area contributed by atoms with Gasteiger partial charge in [0.05, 0.1) is 122 Å². The Labute approximate surface area is 821 Å². The van der Waals surface area contributed by atoms with Crippen molar-refractivity contribution >= 4 is 114 Å². The second-order valence-electron chi connectivity index (χ2n) is 37.1. The molecule has 40 nitrogen and oxygen atoms in total. The molecule has 4 saturated heterocycles. The minimum absolute atomic E-state index is 0.0647. The number of alkyl halides is 4. The fraction of sp³-hybridized carbons (Fsp3) is 0.440. The molecule has 20 heterocycles. The van der Waals surface area contributed by atoms with Crippen LogP contribution in [0, 0.1) is 0 Å². The number of carbonyl (C=O) groups excluding carboxylic acids is 4. The van der Waals surface area contributed by atoms with Crippen molar-refractivity contribution < 1.29 is 74.6 Å². The Morgan fingerprint density at radius 1 is 0.319 bits per heavy atom. The van der Waals surface area contributed by atoms with Gasteiger partial charge in [-0.2, -0.15) is 38.5 Å². The van der Waals surface area contributed by atoms with Crippen molar-refractivity contribution in [2.75, 3.05) is 131 Å². The van der Waals surface area contributed by atoms with Crippen LogP contribution in [0.4, 0.5) is 40.8 Å². The number of ether oxygens (including phenoxy) is 8. The molecule has 24 rings (SSSR count). The van der Waals surface area contributed by atoms with Gasteiger partial charge in [0, 0.05) is 201 Å². The highest BCUT2D eigenvalue weighted by molar-refractivity contribution is 6.05. The van der Waals surface area contributed by atoms with Crippen molar-refractivity contribution in [1.29, 1.82) is 0 Å². The number of pyridine rings is 4. The monoisotopic (exact) mass is 1970 g/mol. The Morgan fingerprint density at radius 2 is 0.542 bits per heavy atom. The summed E-state index contributed by atoms with van der Waals surface area (Å²) in [7, 11) is 13.9. The van der Waals surface area contributed by atoms with Crippen LogP contribution in [0.25, 0.3) is 112 Å². The lowest BCUT2D eigenvalue weighted by Gasteiger charge is -2.31. The molecular weight excluding hydrogens is 1860 g/mol. The minimum atomic E-state index is -1.01. The summed E-state index contributed by atoms with van der Waals surface area (Å²) < 4.78 is 115. The summed E-state index contributed by atoms with van der Waals surface area (Å²) in [5.74, 6) is 1.19. The van der Waals surface area contributed by atoms with Crippen LogP contribution in [0.1, 0.15) is 143 Å². The van der Waals surface area contributed by atoms with Crippen LogP contribution < -0.4 is 42.5 Å². The first-order valence-corrected chi connectivity index (χ1v) is 48.7. The van der Waals surface area contributed by atoms with Crippen molar-refractivity contribution in [1.82, 2.24) is 118 Å². The topological polar surface area (TPSA) is 430 Å². The number of nitrogens with one attached hydrogen (secondary N) is 8. The number of rotatable bonds is 24. The third-order valence-corrected chi connectivity index (χ3v) is 29.1. The van der Waals surface area contributed by atoms with E-state index in [2.05, 4.69) is 126 Å². The minimum Gasteiger partial charge on any atom is -0.379 e. The fourth-order valence-electron chi connectivity index (χ4n) is 20.4. The molecule has 8 fully saturated rings. The average molecular weight is 1970 g/mol. The number of nitrogens with zero attached hydrogens (tertiary/aromatic N) is 20. The van der Waals surface area contributed by atoms with E-state index in [0.717, 1.165) is 92.1 Å². The lowest BCUT2D eigenvalue weighted by atomic mass is 9.90. The summed E-state index contributed by atoms with van der Waals surface area (Å²) >= 11 is 0. The molecule has 0 spiro atoms. The molecule has 44 heteroatoms. The molecule has 16 aromatic heterocycles. The van der Waals surface area contributed by atoms with E-state index in [1.807, 2.05) is 72.8 Å². The van der Waals surface area contributed by atoms with E-state index < -0.39 is 48.9 Å². The first-order chi connectivity index (χ1) is 70.3. The predicted molar refractivity (Wildman–Crippen MR) is 528 cm³/mol. The maximum atomic E-state index is 13.8. The summed E-state index contributed by atoms with van der Waals surface area (Å²) in [5.41, 5.74) is 12.4. The van der Waals surface area contributed by atoms with Gasteiger partial charge in [-0.3, -0.25) is 19.2 Å². The zero-order valence-corrected chi connectivity index (χ0v) is 80.6. The zero-order valence-electron chi connectivity index (χ0n) is 80.6. The van der Waals surface area contributed by atoms with Gasteiger partial charge in [0.1, 0.15) is 117 Å². The summed E-state index contributed by atoms with van der Waals surface area (Å²) in [6, 6.07) is 21.7. The van der Waals surface area contributed by atoms with Crippen molar-refractivity contribution in [3.05, 3.63) is 169 Å². The van der Waals surface area contributed by atoms with Crippen LogP contribution in [0.3, 0.4) is 0 Å². The number of carbonyl (C=O) groups is 4. The highest BCUT2D eigenvalue weighted by atomic mass is 19.1. The Balaban J connectivity index is 0.000000113. The molecule has 4 saturated carbocycles. The van der Waals surface area contributed by atoms with Crippen molar-refractivity contribution in [3.8, 4) is 45.0 Å². The number of anilines is 4. The van der Waals surface area contributed by atoms with E-state index >= 15 is 0 Å². The number of hydrogen-bond donors (Lipinski definition) is 8. The number of fused-ring (bicyclic) bond motifs is 8. The molecule has 4 aliphatic heterocycles. The van der Waals surface area contributed by atoms with Gasteiger partial charge >= 0.3 is 0 Å². The van der Waals surface area contributed by atoms with Crippen LogP contribution in [0.2, 0.25) is 0 Å². The molecule has 144 heavy (non-hydrogen) atoms. The SMILES string of the molecule is CNc1cc(-c2cn([C@@H]3CCOC[C@@H]3OC)c3ncccc23)nc2c(C(=O)N[C@@H]3CC[C@H]3F)cnn12.CNc1cc(-c2cn([C@@H]3CCOC[C@@H]3OC)c3ncccc23)nc2c(C(=O)N[C@H]3CC[C@@H]3F)cnn12.CNc1cc(-c2cn([C@H]3CCOC[C@H]3OC)c3ncccc23)nc2c(C(=O)N[C@@H]3CC[C@H]3F)cnn12.CNc1cc(-c2cn([C@H]3CCOC[C@H]3OC)c3ncccc23)nc2c(C(=O)N[C@H]3CC[C@@H]3F)cnn12. The molecule has 0 unspecified atom stereocenters. The van der Waals surface area contributed by atoms with Crippen molar-refractivity contribution in [3.63, 3.8) is 0 Å². The van der Waals surface area contributed by atoms with Crippen molar-refractivity contribution in [2.45, 2.75) is 174 Å². The highest BCUT2D eigenvalue weighted by Crippen LogP contribution is 2.43. The summed E-state index contributed by atoms with van der Waals surface area (Å²) in [6.07, 6.45) is 24.4. The quantitative estimate of drug-likeness (QED) is 0.0260. The second kappa shape index (κ2) is 41.2. The third-order valence-electron chi connectivity index (χ3n) is 29.1. The summed E-state index contributed by atoms with van der Waals surface area (Å²) in [5, 5.41) is 44.9. The number of amides is 4. The van der Waals surface area contributed by atoms with Crippen molar-refractivity contribution in [2.24, 2.45) is 0 Å². The number of aromatic nitrogens is 20. The van der Waals surface area contributed by atoms with E-state index in [1.54, 1.807) is 99.5 Å². The maximum Gasteiger partial charge on any atom is 0.257 e. The molecule has 4 amide bonds. The molecule has 752 valence electrons. The van der Waals surface area contributed by atoms with Gasteiger partial charge in [-0.1, -0.05) is 0 Å². The summed E-state index contributed by atoms with van der Waals surface area (Å²) in [6.45, 7) is 4.67. The first kappa shape index (κ1) is 95.9. The van der Waals surface area contributed by atoms with Gasteiger partial charge in [0.25, 0.3) is 23.6 Å². The van der Waals surface area contributed by atoms with E-state index in [9.17, 15) is 36.7 Å². The van der Waals surface area contributed by atoms with Crippen LogP contribution in [-0.4, -0.2) is 303 Å². The standard InChI is InChI=1S/4C25H28FN7O3/c4*1-27-22-10-19(30-24-15(11-29-33(22)24)25(34)31-18-6-5-17(18)26)16-12-32(23-14(16)4-3-8-28-23)20-7-9-36-13-21(20)35-2/h4*3-4,8,10-12,17-18,20-21,27H,5-7,9,13H2,1-2H3,(H,31,34)/t2*17-,18-,20+,21-;2*17-,18-,20-,21+/m1010/s1. The average Bonchev–Trinajstić information content (AvgIpc) is 1.61. The first-order valence-electron chi connectivity index (χ1n) is 48.7. The molecule has 16 aromatic rings. The molecule has 0 aromatic carbocycles. The van der Waals surface area contributed by atoms with Gasteiger partial charge in [0.15, 0.2) is 22.6 Å². The predicted octanol–water partition coefficient (Wildman–Crippen LogP) is 12.0. The summed E-state index contributed by atoms with van der Waals surface area (Å²) in [4.78, 5) is 90.0. The second-order valence-corrected chi connectivity index (χ2v) is 37.1. The molecular formula is C100H112F4N28O12. The lowest BCUT2D eigenvalue weighted by molar-refractivity contribution is -0.0592. The van der Waals surface area contributed by atoms with Gasteiger partial charge in [-0.25, -0.2) is 57.4 Å². The molecule has 0 bridgehead atoms.